The van der Waals surface area contributed by atoms with Crippen LogP contribution in [0.4, 0.5) is 0 Å². The van der Waals surface area contributed by atoms with Crippen molar-refractivity contribution in [1.82, 2.24) is 10.2 Å². The maximum absolute atomic E-state index is 8.76. The maximum atomic E-state index is 8.76. The van der Waals surface area contributed by atoms with Crippen LogP contribution >= 0.6 is 0 Å². The first-order valence-corrected chi connectivity index (χ1v) is 5.24. The Kier molecular flexibility index (Phi) is 5.53. The summed E-state index contributed by atoms with van der Waals surface area (Å²) in [6, 6.07) is 2.22. The summed E-state index contributed by atoms with van der Waals surface area (Å²) in [6.45, 7) is 4.80. The van der Waals surface area contributed by atoms with E-state index in [0.29, 0.717) is 0 Å². The summed E-state index contributed by atoms with van der Waals surface area (Å²) in [5.74, 6) is 0. The molecular formula is C10H19N3O. The van der Waals surface area contributed by atoms with Gasteiger partial charge in [0.25, 0.3) is 0 Å². The van der Waals surface area contributed by atoms with Gasteiger partial charge in [-0.1, -0.05) is 0 Å². The van der Waals surface area contributed by atoms with Gasteiger partial charge < -0.3 is 15.0 Å². The second-order valence-corrected chi connectivity index (χ2v) is 3.57. The summed E-state index contributed by atoms with van der Waals surface area (Å²) >= 11 is 0. The molecule has 0 bridgehead atoms. The van der Waals surface area contributed by atoms with Gasteiger partial charge >= 0.3 is 0 Å². The van der Waals surface area contributed by atoms with E-state index in [0.717, 1.165) is 45.7 Å². The summed E-state index contributed by atoms with van der Waals surface area (Å²) in [7, 11) is 1.83. The van der Waals surface area contributed by atoms with Gasteiger partial charge in [0.05, 0.1) is 18.7 Å². The van der Waals surface area contributed by atoms with E-state index in [1.54, 1.807) is 0 Å². The highest BCUT2D eigenvalue weighted by Crippen LogP contribution is 2.01. The fraction of sp³-hybridized carbons (Fsp3) is 0.900. The van der Waals surface area contributed by atoms with Crippen molar-refractivity contribution in [2.45, 2.75) is 18.9 Å². The molecule has 1 fully saturated rings. The lowest BCUT2D eigenvalue weighted by Crippen LogP contribution is -2.33. The fourth-order valence-electron chi connectivity index (χ4n) is 1.61. The lowest BCUT2D eigenvalue weighted by atomic mass is 10.2. The van der Waals surface area contributed by atoms with Crippen molar-refractivity contribution in [3.8, 4) is 6.07 Å². The van der Waals surface area contributed by atoms with Crippen LogP contribution in [0.25, 0.3) is 0 Å². The molecule has 1 saturated heterocycles. The summed E-state index contributed by atoms with van der Waals surface area (Å²) in [5, 5.41) is 11.7. The minimum Gasteiger partial charge on any atom is -0.380 e. The smallest absolute Gasteiger partial charge is 0.0962 e. The van der Waals surface area contributed by atoms with Crippen LogP contribution < -0.4 is 5.32 Å². The fourth-order valence-corrected chi connectivity index (χ4v) is 1.61. The monoisotopic (exact) mass is 197 g/mol. The summed E-state index contributed by atoms with van der Waals surface area (Å²) in [5.41, 5.74) is 0. The van der Waals surface area contributed by atoms with E-state index >= 15 is 0 Å². The van der Waals surface area contributed by atoms with Crippen LogP contribution in [-0.4, -0.2) is 50.8 Å². The van der Waals surface area contributed by atoms with Crippen LogP contribution in [0, 0.1) is 11.3 Å². The zero-order valence-electron chi connectivity index (χ0n) is 8.83. The number of rotatable bonds is 4. The molecular weight excluding hydrogens is 178 g/mol. The maximum Gasteiger partial charge on any atom is 0.0962 e. The largest absolute Gasteiger partial charge is 0.380 e. The molecule has 0 aromatic heterocycles. The lowest BCUT2D eigenvalue weighted by molar-refractivity contribution is 0.141. The van der Waals surface area contributed by atoms with Gasteiger partial charge in [-0.2, -0.15) is 5.26 Å². The SMILES string of the molecule is CNC(C#N)CCN1CCCOCC1. The molecule has 1 aliphatic rings. The molecule has 1 unspecified atom stereocenters. The zero-order valence-corrected chi connectivity index (χ0v) is 8.83. The number of ether oxygens (including phenoxy) is 1. The molecule has 1 N–H and O–H groups in total. The van der Waals surface area contributed by atoms with E-state index in [4.69, 9.17) is 10.00 Å². The highest BCUT2D eigenvalue weighted by Gasteiger charge is 2.11. The second kappa shape index (κ2) is 6.77. The number of hydrogen-bond donors (Lipinski definition) is 1. The van der Waals surface area contributed by atoms with E-state index < -0.39 is 0 Å². The zero-order chi connectivity index (χ0) is 10.2. The Morgan fingerprint density at radius 2 is 2.36 bits per heavy atom. The summed E-state index contributed by atoms with van der Waals surface area (Å²) < 4.78 is 5.36. The molecule has 1 rings (SSSR count). The Labute approximate surface area is 85.8 Å². The molecule has 0 spiro atoms. The molecule has 1 heterocycles. The van der Waals surface area contributed by atoms with Gasteiger partial charge in [0.1, 0.15) is 0 Å². The van der Waals surface area contributed by atoms with Gasteiger partial charge in [0.2, 0.25) is 0 Å². The van der Waals surface area contributed by atoms with Crippen molar-refractivity contribution in [2.75, 3.05) is 39.9 Å². The van der Waals surface area contributed by atoms with Crippen LogP contribution in [0.1, 0.15) is 12.8 Å². The van der Waals surface area contributed by atoms with E-state index in [-0.39, 0.29) is 6.04 Å². The minimum absolute atomic E-state index is 0.0147. The van der Waals surface area contributed by atoms with Crippen molar-refractivity contribution in [2.24, 2.45) is 0 Å². The van der Waals surface area contributed by atoms with Gasteiger partial charge in [-0.05, 0) is 19.9 Å². The molecule has 0 saturated carbocycles. The Balaban J connectivity index is 2.19. The van der Waals surface area contributed by atoms with Crippen molar-refractivity contribution < 1.29 is 4.74 Å². The second-order valence-electron chi connectivity index (χ2n) is 3.57. The Morgan fingerprint density at radius 1 is 1.50 bits per heavy atom. The standard InChI is InChI=1S/C10H19N3O/c1-12-10(9-11)3-5-13-4-2-7-14-8-6-13/h10,12H,2-8H2,1H3. The van der Waals surface area contributed by atoms with Gasteiger partial charge in [-0.15, -0.1) is 0 Å². The third-order valence-electron chi connectivity index (χ3n) is 2.55. The average Bonchev–Trinajstić information content (AvgIpc) is 2.48. The van der Waals surface area contributed by atoms with Crippen molar-refractivity contribution in [3.05, 3.63) is 0 Å². The van der Waals surface area contributed by atoms with Gasteiger partial charge in [0.15, 0.2) is 0 Å². The van der Waals surface area contributed by atoms with Crippen LogP contribution in [0.15, 0.2) is 0 Å². The van der Waals surface area contributed by atoms with E-state index in [2.05, 4.69) is 16.3 Å². The molecule has 14 heavy (non-hydrogen) atoms. The van der Waals surface area contributed by atoms with E-state index in [1.165, 1.54) is 0 Å². The van der Waals surface area contributed by atoms with Crippen LogP contribution in [-0.2, 0) is 4.74 Å². The van der Waals surface area contributed by atoms with Crippen molar-refractivity contribution in [1.29, 1.82) is 5.26 Å². The van der Waals surface area contributed by atoms with Gasteiger partial charge in [0, 0.05) is 26.2 Å². The molecule has 4 heteroatoms. The Hall–Kier alpha value is -0.630. The predicted octanol–water partition coefficient (Wildman–Crippen LogP) is 0.210. The molecule has 4 nitrogen and oxygen atoms in total. The molecule has 0 aromatic carbocycles. The van der Waals surface area contributed by atoms with Crippen molar-refractivity contribution in [3.63, 3.8) is 0 Å². The first kappa shape index (κ1) is 11.4. The number of nitrogens with one attached hydrogen (secondary N) is 1. The average molecular weight is 197 g/mol. The predicted molar refractivity (Wildman–Crippen MR) is 55.0 cm³/mol. The normalized spacial score (nSPS) is 21.1. The molecule has 0 aromatic rings. The molecule has 0 aliphatic carbocycles. The van der Waals surface area contributed by atoms with Crippen LogP contribution in [0.3, 0.4) is 0 Å². The molecule has 0 amide bonds. The third-order valence-corrected chi connectivity index (χ3v) is 2.55. The van der Waals surface area contributed by atoms with Gasteiger partial charge in [-0.3, -0.25) is 0 Å². The quantitative estimate of drug-likeness (QED) is 0.700. The summed E-state index contributed by atoms with van der Waals surface area (Å²) in [6.07, 6.45) is 2.00. The number of hydrogen-bond acceptors (Lipinski definition) is 4. The lowest BCUT2D eigenvalue weighted by Gasteiger charge is -2.20. The molecule has 0 radical (unpaired) electrons. The first-order chi connectivity index (χ1) is 6.86. The molecule has 80 valence electrons. The highest BCUT2D eigenvalue weighted by atomic mass is 16.5. The van der Waals surface area contributed by atoms with Crippen LogP contribution in [0.2, 0.25) is 0 Å². The van der Waals surface area contributed by atoms with Crippen molar-refractivity contribution >= 4 is 0 Å². The summed E-state index contributed by atoms with van der Waals surface area (Å²) in [4.78, 5) is 2.37. The number of nitrogens with zero attached hydrogens (tertiary/aromatic N) is 2. The molecule has 1 atom stereocenters. The molecule has 1 aliphatic heterocycles. The Bertz CT molecular complexity index is 182. The van der Waals surface area contributed by atoms with Gasteiger partial charge in [-0.25, -0.2) is 0 Å². The van der Waals surface area contributed by atoms with Crippen LogP contribution in [0.5, 0.6) is 0 Å². The minimum atomic E-state index is -0.0147. The van der Waals surface area contributed by atoms with E-state index in [9.17, 15) is 0 Å². The highest BCUT2D eigenvalue weighted by molar-refractivity contribution is 4.89. The Morgan fingerprint density at radius 3 is 3.07 bits per heavy atom. The number of nitriles is 1. The topological polar surface area (TPSA) is 48.3 Å². The first-order valence-electron chi connectivity index (χ1n) is 5.24. The van der Waals surface area contributed by atoms with E-state index in [1.807, 2.05) is 7.05 Å². The third kappa shape index (κ3) is 4.05.